The molecule has 1 amide bonds. The highest BCUT2D eigenvalue weighted by Crippen LogP contribution is 2.33. The highest BCUT2D eigenvalue weighted by atomic mass is 79.9. The Hall–Kier alpha value is -1.43. The molecule has 0 saturated heterocycles. The van der Waals surface area contributed by atoms with Crippen LogP contribution in [-0.4, -0.2) is 27.5 Å². The summed E-state index contributed by atoms with van der Waals surface area (Å²) in [7, 11) is 0. The van der Waals surface area contributed by atoms with E-state index in [9.17, 15) is 9.59 Å². The van der Waals surface area contributed by atoms with E-state index in [0.29, 0.717) is 23.0 Å². The second kappa shape index (κ2) is 5.69. The van der Waals surface area contributed by atoms with Crippen molar-refractivity contribution >= 4 is 27.8 Å². The van der Waals surface area contributed by atoms with E-state index >= 15 is 0 Å². The number of nitrogens with one attached hydrogen (secondary N) is 1. The van der Waals surface area contributed by atoms with Gasteiger partial charge in [-0.25, -0.2) is 4.98 Å². The second-order valence-electron chi connectivity index (χ2n) is 4.85. The molecule has 1 fully saturated rings. The lowest BCUT2D eigenvalue weighted by Gasteiger charge is -2.28. The summed E-state index contributed by atoms with van der Waals surface area (Å²) in [5.74, 6) is -1.16. The van der Waals surface area contributed by atoms with Crippen LogP contribution >= 0.6 is 15.9 Å². The molecule has 2 rings (SSSR count). The Bertz CT molecular complexity index is 498. The maximum Gasteiger partial charge on any atom is 0.305 e. The van der Waals surface area contributed by atoms with Gasteiger partial charge in [-0.1, -0.05) is 12.8 Å². The van der Waals surface area contributed by atoms with Gasteiger partial charge in [-0.15, -0.1) is 0 Å². The molecule has 2 N–H and O–H groups in total. The lowest BCUT2D eigenvalue weighted by molar-refractivity contribution is -0.138. The van der Waals surface area contributed by atoms with Gasteiger partial charge in [-0.05, 0) is 40.9 Å². The van der Waals surface area contributed by atoms with Crippen molar-refractivity contribution in [2.24, 2.45) is 0 Å². The predicted molar refractivity (Wildman–Crippen MR) is 72.9 cm³/mol. The first-order valence-electron chi connectivity index (χ1n) is 6.17. The minimum absolute atomic E-state index is 0.0311. The van der Waals surface area contributed by atoms with Crippen LogP contribution in [0.3, 0.4) is 0 Å². The fourth-order valence-electron chi connectivity index (χ4n) is 2.55. The summed E-state index contributed by atoms with van der Waals surface area (Å²) in [4.78, 5) is 27.2. The third kappa shape index (κ3) is 3.32. The summed E-state index contributed by atoms with van der Waals surface area (Å²) in [6.45, 7) is 0. The minimum Gasteiger partial charge on any atom is -0.481 e. The highest BCUT2D eigenvalue weighted by Gasteiger charge is 2.37. The molecule has 0 unspecified atom stereocenters. The Morgan fingerprint density at radius 3 is 2.68 bits per heavy atom. The zero-order chi connectivity index (χ0) is 13.9. The number of rotatable bonds is 4. The van der Waals surface area contributed by atoms with Crippen LogP contribution < -0.4 is 5.32 Å². The van der Waals surface area contributed by atoms with E-state index in [1.54, 1.807) is 18.3 Å². The van der Waals surface area contributed by atoms with Crippen LogP contribution in [0.4, 0.5) is 0 Å². The van der Waals surface area contributed by atoms with Gasteiger partial charge in [0.05, 0.1) is 17.5 Å². The molecule has 0 aliphatic heterocycles. The average molecular weight is 327 g/mol. The summed E-state index contributed by atoms with van der Waals surface area (Å²) in [5.41, 5.74) is -0.183. The zero-order valence-corrected chi connectivity index (χ0v) is 11.9. The molecule has 1 aliphatic carbocycles. The number of halogens is 1. The largest absolute Gasteiger partial charge is 0.481 e. The summed E-state index contributed by atoms with van der Waals surface area (Å²) in [6.07, 6.45) is 4.87. The van der Waals surface area contributed by atoms with E-state index in [-0.39, 0.29) is 12.3 Å². The molecule has 0 spiro atoms. The monoisotopic (exact) mass is 326 g/mol. The van der Waals surface area contributed by atoms with Crippen LogP contribution in [0.15, 0.2) is 22.9 Å². The van der Waals surface area contributed by atoms with Crippen molar-refractivity contribution in [2.45, 2.75) is 37.6 Å². The van der Waals surface area contributed by atoms with Crippen LogP contribution in [0.5, 0.6) is 0 Å². The third-order valence-corrected chi connectivity index (χ3v) is 4.06. The standard InChI is InChI=1S/C13H15BrN2O3/c14-11-9(4-3-7-15-11)12(19)16-13(8-10(17)18)5-1-2-6-13/h3-4,7H,1-2,5-6,8H2,(H,16,19)(H,17,18). The number of amides is 1. The number of pyridine rings is 1. The van der Waals surface area contributed by atoms with E-state index in [4.69, 9.17) is 5.11 Å². The van der Waals surface area contributed by atoms with Gasteiger partial charge in [0.15, 0.2) is 0 Å². The zero-order valence-electron chi connectivity index (χ0n) is 10.4. The maximum absolute atomic E-state index is 12.2. The van der Waals surface area contributed by atoms with Gasteiger partial charge in [-0.3, -0.25) is 9.59 Å². The Morgan fingerprint density at radius 1 is 1.42 bits per heavy atom. The Morgan fingerprint density at radius 2 is 2.11 bits per heavy atom. The van der Waals surface area contributed by atoms with Crippen LogP contribution in [0, 0.1) is 0 Å². The fraction of sp³-hybridized carbons (Fsp3) is 0.462. The number of aliphatic carboxylic acids is 1. The molecule has 0 bridgehead atoms. The first-order chi connectivity index (χ1) is 9.02. The first-order valence-corrected chi connectivity index (χ1v) is 6.97. The van der Waals surface area contributed by atoms with Gasteiger partial charge in [-0.2, -0.15) is 0 Å². The van der Waals surface area contributed by atoms with Crippen molar-refractivity contribution in [3.8, 4) is 0 Å². The van der Waals surface area contributed by atoms with Crippen molar-refractivity contribution in [1.82, 2.24) is 10.3 Å². The molecule has 6 heteroatoms. The summed E-state index contributed by atoms with van der Waals surface area (Å²) in [6, 6.07) is 3.34. The maximum atomic E-state index is 12.2. The number of carbonyl (C=O) groups is 2. The van der Waals surface area contributed by atoms with E-state index < -0.39 is 11.5 Å². The van der Waals surface area contributed by atoms with E-state index in [2.05, 4.69) is 26.2 Å². The summed E-state index contributed by atoms with van der Waals surface area (Å²) >= 11 is 3.23. The molecule has 5 nitrogen and oxygen atoms in total. The topological polar surface area (TPSA) is 79.3 Å². The lowest BCUT2D eigenvalue weighted by Crippen LogP contribution is -2.47. The second-order valence-corrected chi connectivity index (χ2v) is 5.60. The molecular weight excluding hydrogens is 312 g/mol. The number of hydrogen-bond acceptors (Lipinski definition) is 3. The van der Waals surface area contributed by atoms with Crippen LogP contribution in [-0.2, 0) is 4.79 Å². The molecule has 19 heavy (non-hydrogen) atoms. The summed E-state index contributed by atoms with van der Waals surface area (Å²) < 4.78 is 0.468. The molecule has 1 heterocycles. The quantitative estimate of drug-likeness (QED) is 0.832. The van der Waals surface area contributed by atoms with Gasteiger partial charge in [0.2, 0.25) is 0 Å². The van der Waals surface area contributed by atoms with Gasteiger partial charge >= 0.3 is 5.97 Å². The molecule has 1 aromatic rings. The number of carbonyl (C=O) groups excluding carboxylic acids is 1. The van der Waals surface area contributed by atoms with E-state index in [1.165, 1.54) is 0 Å². The van der Waals surface area contributed by atoms with Crippen molar-refractivity contribution in [3.63, 3.8) is 0 Å². The van der Waals surface area contributed by atoms with Gasteiger partial charge in [0.25, 0.3) is 5.91 Å². The number of aromatic nitrogens is 1. The number of hydrogen-bond donors (Lipinski definition) is 2. The lowest BCUT2D eigenvalue weighted by atomic mass is 9.93. The molecule has 1 aliphatic rings. The molecule has 0 radical (unpaired) electrons. The summed E-state index contributed by atoms with van der Waals surface area (Å²) in [5, 5.41) is 11.9. The smallest absolute Gasteiger partial charge is 0.305 e. The predicted octanol–water partition coefficient (Wildman–Crippen LogP) is 2.36. The molecule has 0 atom stereocenters. The Labute approximate surface area is 119 Å². The van der Waals surface area contributed by atoms with Gasteiger partial charge in [0, 0.05) is 6.20 Å². The Kier molecular flexibility index (Phi) is 4.19. The molecule has 1 saturated carbocycles. The minimum atomic E-state index is -0.882. The first kappa shape index (κ1) is 14.0. The third-order valence-electron chi connectivity index (χ3n) is 3.43. The van der Waals surface area contributed by atoms with Crippen LogP contribution in [0.2, 0.25) is 0 Å². The fourth-order valence-corrected chi connectivity index (χ4v) is 2.98. The molecule has 0 aromatic carbocycles. The van der Waals surface area contributed by atoms with Crippen molar-refractivity contribution in [2.75, 3.05) is 0 Å². The molecule has 1 aromatic heterocycles. The van der Waals surface area contributed by atoms with Crippen molar-refractivity contribution in [3.05, 3.63) is 28.5 Å². The highest BCUT2D eigenvalue weighted by molar-refractivity contribution is 9.10. The van der Waals surface area contributed by atoms with E-state index in [1.807, 2.05) is 0 Å². The molecule has 102 valence electrons. The molecular formula is C13H15BrN2O3. The van der Waals surface area contributed by atoms with Crippen molar-refractivity contribution in [1.29, 1.82) is 0 Å². The number of nitrogens with zero attached hydrogens (tertiary/aromatic N) is 1. The number of carboxylic acid groups (broad SMARTS) is 1. The van der Waals surface area contributed by atoms with E-state index in [0.717, 1.165) is 12.8 Å². The van der Waals surface area contributed by atoms with Crippen LogP contribution in [0.25, 0.3) is 0 Å². The number of carboxylic acids is 1. The average Bonchev–Trinajstić information content (AvgIpc) is 2.76. The van der Waals surface area contributed by atoms with Gasteiger partial charge < -0.3 is 10.4 Å². The SMILES string of the molecule is O=C(O)CC1(NC(=O)c2cccnc2Br)CCCC1. The van der Waals surface area contributed by atoms with Gasteiger partial charge in [0.1, 0.15) is 4.60 Å². The van der Waals surface area contributed by atoms with Crippen LogP contribution in [0.1, 0.15) is 42.5 Å². The normalized spacial score (nSPS) is 17.1. The Balaban J connectivity index is 2.16. The van der Waals surface area contributed by atoms with Crippen molar-refractivity contribution < 1.29 is 14.7 Å².